The van der Waals surface area contributed by atoms with Crippen molar-refractivity contribution >= 4 is 5.91 Å². The number of hydrogen-bond donors (Lipinski definition) is 2. The zero-order valence-corrected chi connectivity index (χ0v) is 7.08. The van der Waals surface area contributed by atoms with E-state index in [0.29, 0.717) is 0 Å². The third kappa shape index (κ3) is 2.10. The summed E-state index contributed by atoms with van der Waals surface area (Å²) >= 11 is 0. The molecule has 0 aliphatic heterocycles. The molecule has 4 nitrogen and oxygen atoms in total. The zero-order chi connectivity index (χ0) is 8.97. The van der Waals surface area contributed by atoms with Crippen molar-refractivity contribution in [1.82, 2.24) is 9.88 Å². The Morgan fingerprint density at radius 3 is 3.08 bits per heavy atom. The van der Waals surface area contributed by atoms with Crippen LogP contribution in [0.1, 0.15) is 5.69 Å². The quantitative estimate of drug-likeness (QED) is 0.646. The number of amides is 1. The molecule has 12 heavy (non-hydrogen) atoms. The van der Waals surface area contributed by atoms with Crippen molar-refractivity contribution in [3.8, 4) is 0 Å². The number of nitrogens with one attached hydrogen (secondary N) is 1. The zero-order valence-electron chi connectivity index (χ0n) is 7.08. The summed E-state index contributed by atoms with van der Waals surface area (Å²) in [5.41, 5.74) is 6.13. The Balaban J connectivity index is 2.69. The Morgan fingerprint density at radius 2 is 2.50 bits per heavy atom. The van der Waals surface area contributed by atoms with Gasteiger partial charge in [-0.3, -0.25) is 4.79 Å². The topological polar surface area (TPSA) is 60.1 Å². The normalized spacial score (nSPS) is 10.1. The molecule has 1 heterocycles. The molecule has 0 spiro atoms. The average Bonchev–Trinajstić information content (AvgIpc) is 2.37. The molecule has 66 valence electrons. The Hall–Kier alpha value is -1.29. The van der Waals surface area contributed by atoms with E-state index in [-0.39, 0.29) is 12.5 Å². The molecule has 0 bridgehead atoms. The Labute approximate surface area is 71.4 Å². The van der Waals surface area contributed by atoms with Gasteiger partial charge in [-0.25, -0.2) is 0 Å². The van der Waals surface area contributed by atoms with E-state index in [1.807, 2.05) is 29.9 Å². The van der Waals surface area contributed by atoms with Gasteiger partial charge < -0.3 is 15.6 Å². The fraction of sp³-hybridized carbons (Fsp3) is 0.375. The van der Waals surface area contributed by atoms with Gasteiger partial charge in [0.25, 0.3) is 0 Å². The Kier molecular flexibility index (Phi) is 2.88. The van der Waals surface area contributed by atoms with Crippen LogP contribution in [-0.4, -0.2) is 17.5 Å². The molecule has 0 unspecified atom stereocenters. The van der Waals surface area contributed by atoms with Gasteiger partial charge in [-0.15, -0.1) is 0 Å². The summed E-state index contributed by atoms with van der Waals surface area (Å²) in [6.45, 7) is 1.00. The number of nitrogens with two attached hydrogens (primary N) is 1. The first-order valence-corrected chi connectivity index (χ1v) is 3.81. The maximum absolute atomic E-state index is 10.6. The van der Waals surface area contributed by atoms with Crippen molar-refractivity contribution < 1.29 is 4.79 Å². The minimum atomic E-state index is -0.316. The lowest BCUT2D eigenvalue weighted by Gasteiger charge is -2.05. The molecule has 0 aliphatic rings. The predicted molar refractivity (Wildman–Crippen MR) is 46.4 cm³/mol. The van der Waals surface area contributed by atoms with Crippen LogP contribution in [0.3, 0.4) is 0 Å². The van der Waals surface area contributed by atoms with E-state index in [4.69, 9.17) is 5.73 Å². The first kappa shape index (κ1) is 8.80. The van der Waals surface area contributed by atoms with Gasteiger partial charge in [0.15, 0.2) is 0 Å². The lowest BCUT2D eigenvalue weighted by atomic mass is 10.4. The molecule has 0 radical (unpaired) electrons. The van der Waals surface area contributed by atoms with Gasteiger partial charge in [0.2, 0.25) is 5.91 Å². The highest BCUT2D eigenvalue weighted by Crippen LogP contribution is 2.00. The number of primary amides is 1. The SMILES string of the molecule is CNCc1cccn1CC(N)=O. The van der Waals surface area contributed by atoms with Crippen LogP contribution in [0.5, 0.6) is 0 Å². The van der Waals surface area contributed by atoms with Crippen LogP contribution in [-0.2, 0) is 17.9 Å². The molecule has 3 N–H and O–H groups in total. The summed E-state index contributed by atoms with van der Waals surface area (Å²) < 4.78 is 1.83. The van der Waals surface area contributed by atoms with Crippen LogP contribution in [0.15, 0.2) is 18.3 Å². The maximum Gasteiger partial charge on any atom is 0.237 e. The maximum atomic E-state index is 10.6. The second-order valence-electron chi connectivity index (χ2n) is 2.62. The molecule has 0 atom stereocenters. The van der Waals surface area contributed by atoms with Crippen molar-refractivity contribution in [3.63, 3.8) is 0 Å². The fourth-order valence-corrected chi connectivity index (χ4v) is 1.11. The van der Waals surface area contributed by atoms with E-state index in [1.54, 1.807) is 0 Å². The monoisotopic (exact) mass is 167 g/mol. The van der Waals surface area contributed by atoms with Gasteiger partial charge in [0, 0.05) is 18.4 Å². The van der Waals surface area contributed by atoms with Gasteiger partial charge >= 0.3 is 0 Å². The van der Waals surface area contributed by atoms with E-state index in [0.717, 1.165) is 12.2 Å². The summed E-state index contributed by atoms with van der Waals surface area (Å²) in [5, 5.41) is 3.01. The number of carbonyl (C=O) groups is 1. The molecule has 0 aromatic carbocycles. The molecular formula is C8H13N3O. The van der Waals surface area contributed by atoms with Crippen LogP contribution >= 0.6 is 0 Å². The molecule has 0 saturated carbocycles. The number of aromatic nitrogens is 1. The second-order valence-corrected chi connectivity index (χ2v) is 2.62. The van der Waals surface area contributed by atoms with E-state index in [1.165, 1.54) is 0 Å². The summed E-state index contributed by atoms with van der Waals surface area (Å²) in [6, 6.07) is 3.86. The lowest BCUT2D eigenvalue weighted by molar-refractivity contribution is -0.118. The minimum absolute atomic E-state index is 0.254. The Bertz CT molecular complexity index is 267. The van der Waals surface area contributed by atoms with Crippen LogP contribution < -0.4 is 11.1 Å². The van der Waals surface area contributed by atoms with E-state index in [2.05, 4.69) is 5.32 Å². The van der Waals surface area contributed by atoms with Gasteiger partial charge in [-0.2, -0.15) is 0 Å². The lowest BCUT2D eigenvalue weighted by Crippen LogP contribution is -2.20. The summed E-state index contributed by atoms with van der Waals surface area (Å²) in [6.07, 6.45) is 1.84. The molecule has 1 aromatic rings. The number of nitrogens with zero attached hydrogens (tertiary/aromatic N) is 1. The van der Waals surface area contributed by atoms with Gasteiger partial charge in [0.1, 0.15) is 6.54 Å². The molecule has 1 amide bonds. The van der Waals surface area contributed by atoms with E-state index < -0.39 is 0 Å². The van der Waals surface area contributed by atoms with Gasteiger partial charge in [0.05, 0.1) is 0 Å². The smallest absolute Gasteiger partial charge is 0.237 e. The highest BCUT2D eigenvalue weighted by molar-refractivity contribution is 5.73. The molecular weight excluding hydrogens is 154 g/mol. The van der Waals surface area contributed by atoms with Crippen molar-refractivity contribution in [3.05, 3.63) is 24.0 Å². The molecule has 4 heteroatoms. The molecule has 0 saturated heterocycles. The summed E-state index contributed by atoms with van der Waals surface area (Å²) in [5.74, 6) is -0.316. The molecule has 1 rings (SSSR count). The van der Waals surface area contributed by atoms with Crippen LogP contribution in [0.4, 0.5) is 0 Å². The predicted octanol–water partition coefficient (Wildman–Crippen LogP) is -0.307. The standard InChI is InChI=1S/C8H13N3O/c1-10-5-7-3-2-4-11(7)6-8(9)12/h2-4,10H,5-6H2,1H3,(H2,9,12). The second kappa shape index (κ2) is 3.92. The molecule has 0 aliphatic carbocycles. The minimum Gasteiger partial charge on any atom is -0.368 e. The van der Waals surface area contributed by atoms with Crippen molar-refractivity contribution in [2.24, 2.45) is 5.73 Å². The highest BCUT2D eigenvalue weighted by atomic mass is 16.1. The fourth-order valence-electron chi connectivity index (χ4n) is 1.11. The first-order valence-electron chi connectivity index (χ1n) is 3.81. The summed E-state index contributed by atoms with van der Waals surface area (Å²) in [4.78, 5) is 10.6. The van der Waals surface area contributed by atoms with Crippen molar-refractivity contribution in [2.45, 2.75) is 13.1 Å². The number of carbonyl (C=O) groups excluding carboxylic acids is 1. The van der Waals surface area contributed by atoms with Crippen LogP contribution in [0, 0.1) is 0 Å². The number of rotatable bonds is 4. The third-order valence-electron chi connectivity index (χ3n) is 1.61. The third-order valence-corrected chi connectivity index (χ3v) is 1.61. The molecule has 0 fully saturated rings. The highest BCUT2D eigenvalue weighted by Gasteiger charge is 2.01. The first-order chi connectivity index (χ1) is 5.74. The van der Waals surface area contributed by atoms with Crippen LogP contribution in [0.25, 0.3) is 0 Å². The van der Waals surface area contributed by atoms with E-state index >= 15 is 0 Å². The molecule has 1 aromatic heterocycles. The summed E-state index contributed by atoms with van der Waals surface area (Å²) in [7, 11) is 1.86. The van der Waals surface area contributed by atoms with Crippen molar-refractivity contribution in [2.75, 3.05) is 7.05 Å². The average molecular weight is 167 g/mol. The van der Waals surface area contributed by atoms with Gasteiger partial charge in [-0.1, -0.05) is 0 Å². The van der Waals surface area contributed by atoms with Crippen LogP contribution in [0.2, 0.25) is 0 Å². The largest absolute Gasteiger partial charge is 0.368 e. The van der Waals surface area contributed by atoms with E-state index in [9.17, 15) is 4.79 Å². The van der Waals surface area contributed by atoms with Crippen molar-refractivity contribution in [1.29, 1.82) is 0 Å². The Morgan fingerprint density at radius 1 is 1.75 bits per heavy atom. The number of hydrogen-bond acceptors (Lipinski definition) is 2. The van der Waals surface area contributed by atoms with Gasteiger partial charge in [-0.05, 0) is 19.2 Å².